The number of benzene rings is 2. The maximum absolute atomic E-state index is 7.97. The van der Waals surface area contributed by atoms with Gasteiger partial charge in [-0.25, -0.2) is 0 Å². The Morgan fingerprint density at radius 1 is 1.06 bits per heavy atom. The Kier molecular flexibility index (Phi) is 8.60. The molecule has 3 rings (SSSR count). The molecule has 33 heavy (non-hydrogen) atoms. The van der Waals surface area contributed by atoms with Gasteiger partial charge in [-0.1, -0.05) is 49.4 Å². The zero-order valence-electron chi connectivity index (χ0n) is 20.3. The number of hydrogen-bond acceptors (Lipinski definition) is 4. The maximum atomic E-state index is 7.97. The van der Waals surface area contributed by atoms with Crippen molar-refractivity contribution in [2.24, 2.45) is 0 Å². The lowest BCUT2D eigenvalue weighted by Gasteiger charge is -2.32. The Hall–Kier alpha value is -1.47. The van der Waals surface area contributed by atoms with Crippen LogP contribution < -0.4 is 5.09 Å². The second kappa shape index (κ2) is 10.9. The smallest absolute Gasteiger partial charge is 0.400 e. The number of allylic oxidation sites excluding steroid dienone is 2. The largest absolute Gasteiger partial charge is 0.491 e. The van der Waals surface area contributed by atoms with Gasteiger partial charge in [-0.15, -0.1) is 0 Å². The second-order valence-corrected chi connectivity index (χ2v) is 11.2. The molecule has 1 heterocycles. The zero-order chi connectivity index (χ0) is 24.2. The lowest BCUT2D eigenvalue weighted by Crippen LogP contribution is -2.41. The van der Waals surface area contributed by atoms with Crippen LogP contribution in [0, 0.1) is 5.41 Å². The van der Waals surface area contributed by atoms with E-state index in [9.17, 15) is 0 Å². The van der Waals surface area contributed by atoms with Crippen LogP contribution in [0.4, 0.5) is 5.69 Å². The van der Waals surface area contributed by atoms with E-state index in [2.05, 4.69) is 110 Å². The predicted molar refractivity (Wildman–Crippen MR) is 154 cm³/mol. The minimum atomic E-state index is -0.428. The number of nitrogens with one attached hydrogen (secondary N) is 2. The molecule has 1 fully saturated rings. The molecular formula is C26H33BIN2O2P. The average molecular weight is 574 g/mol. The van der Waals surface area contributed by atoms with Gasteiger partial charge in [0.25, 0.3) is 0 Å². The fourth-order valence-corrected chi connectivity index (χ4v) is 5.14. The third-order valence-electron chi connectivity index (χ3n) is 6.48. The molecule has 7 heteroatoms. The van der Waals surface area contributed by atoms with Gasteiger partial charge in [-0.05, 0) is 103 Å². The summed E-state index contributed by atoms with van der Waals surface area (Å²) in [5.74, 6) is 0. The van der Waals surface area contributed by atoms with Crippen LogP contribution in [0.3, 0.4) is 0 Å². The topological polar surface area (TPSA) is 54.3 Å². The normalized spacial score (nSPS) is 18.2. The highest BCUT2D eigenvalue weighted by molar-refractivity contribution is 14.2. The highest BCUT2D eigenvalue weighted by atomic mass is 127. The van der Waals surface area contributed by atoms with Crippen LogP contribution in [0.15, 0.2) is 54.0 Å². The molecule has 0 bridgehead atoms. The molecule has 4 nitrogen and oxygen atoms in total. The van der Waals surface area contributed by atoms with Crippen LogP contribution in [0.2, 0.25) is 0 Å². The molecule has 0 saturated carbocycles. The van der Waals surface area contributed by atoms with Crippen LogP contribution in [-0.4, -0.2) is 24.5 Å². The Balaban J connectivity index is 2.21. The van der Waals surface area contributed by atoms with Gasteiger partial charge in [0.1, 0.15) is 0 Å². The van der Waals surface area contributed by atoms with Gasteiger partial charge in [0.2, 0.25) is 0 Å². The molecule has 2 N–H and O–H groups in total. The first-order chi connectivity index (χ1) is 15.7. The van der Waals surface area contributed by atoms with Crippen molar-refractivity contribution in [1.29, 1.82) is 5.41 Å². The SMILES string of the molecule is C/C=C/c1ccc(/C(=C(/CC)B2OC(C)(C)C(C)(C)O2)c2ccc(NPI)c(C=N)c2)cc1. The molecule has 1 saturated heterocycles. The maximum Gasteiger partial charge on any atom is 0.491 e. The summed E-state index contributed by atoms with van der Waals surface area (Å²) in [5, 5.41) is 11.3. The highest BCUT2D eigenvalue weighted by Crippen LogP contribution is 2.42. The lowest BCUT2D eigenvalue weighted by atomic mass is 9.70. The Morgan fingerprint density at radius 2 is 1.67 bits per heavy atom. The molecule has 2 aromatic rings. The van der Waals surface area contributed by atoms with Crippen molar-refractivity contribution in [3.8, 4) is 0 Å². The fraction of sp³-hybridized carbons (Fsp3) is 0.346. The van der Waals surface area contributed by atoms with Gasteiger partial charge in [0.15, 0.2) is 0 Å². The summed E-state index contributed by atoms with van der Waals surface area (Å²) in [4.78, 5) is 0. The van der Waals surface area contributed by atoms with E-state index in [1.165, 1.54) is 6.21 Å². The van der Waals surface area contributed by atoms with E-state index in [1.54, 1.807) is 0 Å². The first kappa shape index (κ1) is 26.1. The first-order valence-electron chi connectivity index (χ1n) is 11.3. The van der Waals surface area contributed by atoms with E-state index >= 15 is 0 Å². The summed E-state index contributed by atoms with van der Waals surface area (Å²) in [6, 6.07) is 14.9. The van der Waals surface area contributed by atoms with E-state index < -0.39 is 18.3 Å². The van der Waals surface area contributed by atoms with Crippen molar-refractivity contribution in [3.63, 3.8) is 0 Å². The molecule has 2 aromatic carbocycles. The fourth-order valence-electron chi connectivity index (χ4n) is 3.94. The molecule has 174 valence electrons. The van der Waals surface area contributed by atoms with Gasteiger partial charge in [0.05, 0.1) is 11.2 Å². The minimum absolute atomic E-state index is 0.409. The van der Waals surface area contributed by atoms with E-state index in [0.29, 0.717) is 6.37 Å². The first-order valence-corrected chi connectivity index (χ1v) is 15.4. The van der Waals surface area contributed by atoms with Crippen molar-refractivity contribution in [2.75, 3.05) is 5.09 Å². The van der Waals surface area contributed by atoms with Crippen molar-refractivity contribution in [1.82, 2.24) is 0 Å². The van der Waals surface area contributed by atoms with Crippen LogP contribution >= 0.6 is 28.4 Å². The Bertz CT molecular complexity index is 1050. The third-order valence-corrected chi connectivity index (χ3v) is 7.65. The zero-order valence-corrected chi connectivity index (χ0v) is 23.4. The van der Waals surface area contributed by atoms with Gasteiger partial charge >= 0.3 is 7.12 Å². The molecule has 1 atom stereocenters. The summed E-state index contributed by atoms with van der Waals surface area (Å²) < 4.78 is 12.9. The Morgan fingerprint density at radius 3 is 2.18 bits per heavy atom. The molecule has 0 radical (unpaired) electrons. The third kappa shape index (κ3) is 5.62. The number of anilines is 1. The number of hydrogen-bond donors (Lipinski definition) is 2. The minimum Gasteiger partial charge on any atom is -0.400 e. The lowest BCUT2D eigenvalue weighted by molar-refractivity contribution is 0.00578. The molecule has 0 aliphatic carbocycles. The molecule has 1 aliphatic heterocycles. The second-order valence-electron chi connectivity index (χ2n) is 9.13. The van der Waals surface area contributed by atoms with Crippen LogP contribution in [-0.2, 0) is 9.31 Å². The molecule has 1 unspecified atom stereocenters. The molecule has 1 aliphatic rings. The van der Waals surface area contributed by atoms with Crippen LogP contribution in [0.1, 0.15) is 70.2 Å². The summed E-state index contributed by atoms with van der Waals surface area (Å²) >= 11 is 2.31. The van der Waals surface area contributed by atoms with Gasteiger partial charge in [0, 0.05) is 23.8 Å². The average Bonchev–Trinajstić information content (AvgIpc) is 3.00. The van der Waals surface area contributed by atoms with Crippen molar-refractivity contribution < 1.29 is 9.31 Å². The van der Waals surface area contributed by atoms with E-state index in [0.717, 1.165) is 45.4 Å². The molecular weight excluding hydrogens is 541 g/mol. The van der Waals surface area contributed by atoms with Crippen LogP contribution in [0.5, 0.6) is 0 Å². The standard InChI is InChI=1S/C26H33BIN2O2P/c1-7-9-18-10-12-19(13-11-18)24(20-14-15-23(30-33-28)21(16-20)17-29)22(8-2)27-31-25(3,4)26(5,6)32-27/h7,9-17,29-30,33H,8H2,1-6H3/b9-7+,24-22+,29-17?. The quantitative estimate of drug-likeness (QED) is 0.146. The number of halogens is 1. The molecule has 0 spiro atoms. The van der Waals surface area contributed by atoms with Crippen molar-refractivity contribution >= 4 is 59.1 Å². The summed E-state index contributed by atoms with van der Waals surface area (Å²) in [6.45, 7) is 12.5. The van der Waals surface area contributed by atoms with E-state index in [1.807, 2.05) is 13.0 Å². The molecule has 0 aromatic heterocycles. The van der Waals surface area contributed by atoms with Crippen molar-refractivity contribution in [3.05, 3.63) is 76.3 Å². The van der Waals surface area contributed by atoms with Gasteiger partial charge < -0.3 is 19.8 Å². The monoisotopic (exact) mass is 574 g/mol. The summed E-state index contributed by atoms with van der Waals surface area (Å²) in [6.07, 6.45) is 6.89. The van der Waals surface area contributed by atoms with Crippen LogP contribution in [0.25, 0.3) is 11.6 Å². The Labute approximate surface area is 213 Å². The number of rotatable bonds is 8. The van der Waals surface area contributed by atoms with Crippen molar-refractivity contribution in [2.45, 2.75) is 59.2 Å². The van der Waals surface area contributed by atoms with Gasteiger partial charge in [-0.3, -0.25) is 0 Å². The van der Waals surface area contributed by atoms with E-state index in [4.69, 9.17) is 14.7 Å². The summed E-state index contributed by atoms with van der Waals surface area (Å²) in [7, 11) is -0.428. The molecule has 0 amide bonds. The van der Waals surface area contributed by atoms with E-state index in [-0.39, 0.29) is 0 Å². The summed E-state index contributed by atoms with van der Waals surface area (Å²) in [5.41, 5.74) is 6.57. The highest BCUT2D eigenvalue weighted by Gasteiger charge is 2.52. The van der Waals surface area contributed by atoms with Gasteiger partial charge in [-0.2, -0.15) is 0 Å². The predicted octanol–water partition coefficient (Wildman–Crippen LogP) is 7.92.